The van der Waals surface area contributed by atoms with Crippen LogP contribution in [0.15, 0.2) is 24.3 Å². The predicted molar refractivity (Wildman–Crippen MR) is 48.6 cm³/mol. The molecule has 0 heterocycles. The zero-order valence-electron chi connectivity index (χ0n) is 6.00. The van der Waals surface area contributed by atoms with E-state index in [1.165, 1.54) is 0 Å². The van der Waals surface area contributed by atoms with Crippen molar-refractivity contribution in [1.29, 1.82) is 0 Å². The highest BCUT2D eigenvalue weighted by Gasteiger charge is 2.02. The normalized spacial score (nSPS) is 8.55. The predicted octanol–water partition coefficient (Wildman–Crippen LogP) is 2.80. The molecular formula is C8H8Cl2O. The van der Waals surface area contributed by atoms with E-state index in [0.717, 1.165) is 5.56 Å². The lowest BCUT2D eigenvalue weighted by molar-refractivity contribution is 0.108. The van der Waals surface area contributed by atoms with Crippen molar-refractivity contribution in [2.24, 2.45) is 0 Å². The number of benzene rings is 1. The average molecular weight is 191 g/mol. The van der Waals surface area contributed by atoms with Gasteiger partial charge in [-0.05, 0) is 30.2 Å². The molecule has 0 atom stereocenters. The Morgan fingerprint density at radius 3 is 2.27 bits per heavy atom. The molecule has 1 nitrogen and oxygen atoms in total. The van der Waals surface area contributed by atoms with Crippen molar-refractivity contribution >= 4 is 29.3 Å². The van der Waals surface area contributed by atoms with Crippen LogP contribution < -0.4 is 0 Å². The lowest BCUT2D eigenvalue weighted by atomic mass is 10.1. The van der Waals surface area contributed by atoms with Gasteiger partial charge in [0, 0.05) is 5.56 Å². The second-order valence-electron chi connectivity index (χ2n) is 2.09. The minimum absolute atomic E-state index is 0. The molecule has 0 N–H and O–H groups in total. The lowest BCUT2D eigenvalue weighted by Crippen LogP contribution is -1.90. The number of carbonyl (C=O) groups excluding carboxylic acids is 1. The average Bonchev–Trinajstić information content (AvgIpc) is 1.88. The molecule has 1 aromatic carbocycles. The Labute approximate surface area is 76.8 Å². The first-order valence-electron chi connectivity index (χ1n) is 2.97. The smallest absolute Gasteiger partial charge is 0.252 e. The highest BCUT2D eigenvalue weighted by molar-refractivity contribution is 6.67. The van der Waals surface area contributed by atoms with Gasteiger partial charge < -0.3 is 0 Å². The molecule has 3 heteroatoms. The third-order valence-corrected chi connectivity index (χ3v) is 1.56. The van der Waals surface area contributed by atoms with Gasteiger partial charge in [-0.15, -0.1) is 12.4 Å². The molecule has 0 saturated heterocycles. The number of hydrogen-bond acceptors (Lipinski definition) is 1. The van der Waals surface area contributed by atoms with Crippen molar-refractivity contribution in [3.63, 3.8) is 0 Å². The standard InChI is InChI=1S/C8H7ClO.ClH/c1-6-4-2-3-5-7(6)8(9)10;/h2-5H,1H3;1H. The molecule has 0 aliphatic carbocycles. The second kappa shape index (κ2) is 4.37. The number of aryl methyl sites for hydroxylation is 1. The molecule has 0 aliphatic heterocycles. The summed E-state index contributed by atoms with van der Waals surface area (Å²) in [5.41, 5.74) is 1.51. The Bertz CT molecular complexity index is 258. The highest BCUT2D eigenvalue weighted by atomic mass is 35.5. The molecule has 0 saturated carbocycles. The third-order valence-electron chi connectivity index (χ3n) is 1.36. The Balaban J connectivity index is 0.000001000. The van der Waals surface area contributed by atoms with Gasteiger partial charge in [-0.25, -0.2) is 0 Å². The summed E-state index contributed by atoms with van der Waals surface area (Å²) in [7, 11) is 0. The van der Waals surface area contributed by atoms with E-state index in [1.807, 2.05) is 19.1 Å². The van der Waals surface area contributed by atoms with Crippen LogP contribution in [0.2, 0.25) is 0 Å². The van der Waals surface area contributed by atoms with Crippen molar-refractivity contribution < 1.29 is 4.79 Å². The van der Waals surface area contributed by atoms with Gasteiger partial charge in [-0.2, -0.15) is 0 Å². The van der Waals surface area contributed by atoms with E-state index in [2.05, 4.69) is 0 Å². The first-order chi connectivity index (χ1) is 4.72. The van der Waals surface area contributed by atoms with Crippen molar-refractivity contribution in [1.82, 2.24) is 0 Å². The van der Waals surface area contributed by atoms with Gasteiger partial charge in [0.25, 0.3) is 5.24 Å². The topological polar surface area (TPSA) is 17.1 Å². The van der Waals surface area contributed by atoms with E-state index in [1.54, 1.807) is 12.1 Å². The highest BCUT2D eigenvalue weighted by Crippen LogP contribution is 2.08. The van der Waals surface area contributed by atoms with E-state index in [4.69, 9.17) is 11.6 Å². The second-order valence-corrected chi connectivity index (χ2v) is 2.43. The maximum atomic E-state index is 10.6. The fourth-order valence-electron chi connectivity index (χ4n) is 0.793. The molecule has 0 bridgehead atoms. The largest absolute Gasteiger partial charge is 0.276 e. The van der Waals surface area contributed by atoms with Crippen LogP contribution in [0.4, 0.5) is 0 Å². The van der Waals surface area contributed by atoms with Crippen LogP contribution in [0.5, 0.6) is 0 Å². The monoisotopic (exact) mass is 190 g/mol. The first kappa shape index (κ1) is 10.5. The molecule has 0 spiro atoms. The van der Waals surface area contributed by atoms with E-state index in [-0.39, 0.29) is 12.4 Å². The van der Waals surface area contributed by atoms with E-state index >= 15 is 0 Å². The van der Waals surface area contributed by atoms with Crippen molar-refractivity contribution in [3.8, 4) is 0 Å². The molecule has 0 radical (unpaired) electrons. The maximum Gasteiger partial charge on any atom is 0.252 e. The van der Waals surface area contributed by atoms with E-state index in [0.29, 0.717) is 5.56 Å². The SMILES string of the molecule is Cc1ccccc1C(=O)Cl.Cl. The summed E-state index contributed by atoms with van der Waals surface area (Å²) >= 11 is 5.27. The van der Waals surface area contributed by atoms with E-state index in [9.17, 15) is 4.79 Å². The molecular weight excluding hydrogens is 183 g/mol. The summed E-state index contributed by atoms with van der Waals surface area (Å²) in [6.07, 6.45) is 0. The van der Waals surface area contributed by atoms with Crippen molar-refractivity contribution in [3.05, 3.63) is 35.4 Å². The number of hydrogen-bond donors (Lipinski definition) is 0. The summed E-state index contributed by atoms with van der Waals surface area (Å²) in [6.45, 7) is 1.86. The van der Waals surface area contributed by atoms with Crippen molar-refractivity contribution in [2.75, 3.05) is 0 Å². The van der Waals surface area contributed by atoms with Gasteiger partial charge in [0.2, 0.25) is 0 Å². The minimum Gasteiger partial charge on any atom is -0.276 e. The van der Waals surface area contributed by atoms with Crippen LogP contribution in [0.3, 0.4) is 0 Å². The van der Waals surface area contributed by atoms with Crippen LogP contribution in [0, 0.1) is 6.92 Å². The summed E-state index contributed by atoms with van der Waals surface area (Å²) in [5.74, 6) is 0. The molecule has 1 rings (SSSR count). The fraction of sp³-hybridized carbons (Fsp3) is 0.125. The summed E-state index contributed by atoms with van der Waals surface area (Å²) in [6, 6.07) is 7.24. The quantitative estimate of drug-likeness (QED) is 0.623. The Morgan fingerprint density at radius 1 is 1.36 bits per heavy atom. The molecule has 11 heavy (non-hydrogen) atoms. The maximum absolute atomic E-state index is 10.6. The summed E-state index contributed by atoms with van der Waals surface area (Å²) in [4.78, 5) is 10.6. The molecule has 60 valence electrons. The number of rotatable bonds is 1. The molecule has 0 fully saturated rings. The molecule has 0 aliphatic rings. The van der Waals surface area contributed by atoms with Gasteiger partial charge in [-0.1, -0.05) is 18.2 Å². The minimum atomic E-state index is -0.391. The van der Waals surface area contributed by atoms with Crippen LogP contribution >= 0.6 is 24.0 Å². The Kier molecular flexibility index (Phi) is 4.16. The van der Waals surface area contributed by atoms with Gasteiger partial charge in [0.1, 0.15) is 0 Å². The zero-order chi connectivity index (χ0) is 7.56. The van der Waals surface area contributed by atoms with Crippen LogP contribution in [0.25, 0.3) is 0 Å². The van der Waals surface area contributed by atoms with Gasteiger partial charge in [0.05, 0.1) is 0 Å². The van der Waals surface area contributed by atoms with Crippen LogP contribution in [0.1, 0.15) is 15.9 Å². The van der Waals surface area contributed by atoms with Crippen LogP contribution in [-0.4, -0.2) is 5.24 Å². The first-order valence-corrected chi connectivity index (χ1v) is 3.35. The number of halogens is 2. The third kappa shape index (κ3) is 2.52. The van der Waals surface area contributed by atoms with Crippen LogP contribution in [-0.2, 0) is 0 Å². The van der Waals surface area contributed by atoms with Gasteiger partial charge in [-0.3, -0.25) is 4.79 Å². The number of carbonyl (C=O) groups is 1. The fourth-order valence-corrected chi connectivity index (χ4v) is 1.01. The Hall–Kier alpha value is -0.530. The lowest BCUT2D eigenvalue weighted by Gasteiger charge is -1.96. The van der Waals surface area contributed by atoms with Crippen molar-refractivity contribution in [2.45, 2.75) is 6.92 Å². The Morgan fingerprint density at radius 2 is 1.91 bits per heavy atom. The zero-order valence-corrected chi connectivity index (χ0v) is 7.58. The molecule has 0 aromatic heterocycles. The molecule has 0 amide bonds. The van der Waals surface area contributed by atoms with Gasteiger partial charge in [0.15, 0.2) is 0 Å². The molecule has 0 unspecified atom stereocenters. The molecule has 1 aromatic rings. The van der Waals surface area contributed by atoms with Gasteiger partial charge >= 0.3 is 0 Å². The van der Waals surface area contributed by atoms with E-state index < -0.39 is 5.24 Å². The summed E-state index contributed by atoms with van der Waals surface area (Å²) < 4.78 is 0. The summed E-state index contributed by atoms with van der Waals surface area (Å²) in [5, 5.41) is -0.391.